The van der Waals surface area contributed by atoms with Crippen LogP contribution in [0.25, 0.3) is 16.6 Å². The predicted octanol–water partition coefficient (Wildman–Crippen LogP) is 3.83. The van der Waals surface area contributed by atoms with Gasteiger partial charge < -0.3 is 0 Å². The third-order valence-electron chi connectivity index (χ3n) is 4.50. The number of rotatable bonds is 6. The Kier molecular flexibility index (Phi) is 5.44. The predicted molar refractivity (Wildman–Crippen MR) is 114 cm³/mol. The van der Waals surface area contributed by atoms with Crippen LogP contribution >= 0.6 is 11.3 Å². The zero-order chi connectivity index (χ0) is 20.2. The van der Waals surface area contributed by atoms with E-state index in [1.807, 2.05) is 12.1 Å². The molecule has 2 heterocycles. The van der Waals surface area contributed by atoms with E-state index >= 15 is 0 Å². The Balaban J connectivity index is 1.52. The van der Waals surface area contributed by atoms with Crippen molar-refractivity contribution in [3.8, 4) is 5.69 Å². The number of nitrogens with zero attached hydrogens (tertiary/aromatic N) is 4. The molecule has 29 heavy (non-hydrogen) atoms. The average molecular weight is 405 g/mol. The fourth-order valence-electron chi connectivity index (χ4n) is 2.93. The van der Waals surface area contributed by atoms with E-state index in [1.165, 1.54) is 22.2 Å². The second-order valence-electron chi connectivity index (χ2n) is 6.54. The summed E-state index contributed by atoms with van der Waals surface area (Å²) < 4.78 is 1.47. The summed E-state index contributed by atoms with van der Waals surface area (Å²) in [5, 5.41) is 12.8. The molecule has 0 bridgehead atoms. The van der Waals surface area contributed by atoms with Crippen LogP contribution in [0.1, 0.15) is 35.1 Å². The molecule has 4 rings (SSSR count). The van der Waals surface area contributed by atoms with Crippen LogP contribution in [-0.4, -0.2) is 25.7 Å². The molecule has 146 valence electrons. The lowest BCUT2D eigenvalue weighted by molar-refractivity contribution is 0.102. The summed E-state index contributed by atoms with van der Waals surface area (Å²) in [6, 6.07) is 14.0. The summed E-state index contributed by atoms with van der Waals surface area (Å²) in [7, 11) is 0. The van der Waals surface area contributed by atoms with Gasteiger partial charge in [-0.15, -0.1) is 10.2 Å². The SMILES string of the molecule is CCCCc1nnc(NC(=O)c2ccc(-n3cnc4ccccc4c3=O)cc2)s1. The third-order valence-corrected chi connectivity index (χ3v) is 5.40. The van der Waals surface area contributed by atoms with Crippen LogP contribution in [0.5, 0.6) is 0 Å². The van der Waals surface area contributed by atoms with Crippen LogP contribution in [0.2, 0.25) is 0 Å². The number of hydrogen-bond donors (Lipinski definition) is 1. The van der Waals surface area contributed by atoms with E-state index in [-0.39, 0.29) is 11.5 Å². The molecule has 0 fully saturated rings. The maximum absolute atomic E-state index is 12.7. The Bertz CT molecular complexity index is 1210. The van der Waals surface area contributed by atoms with Crippen LogP contribution in [0.4, 0.5) is 5.13 Å². The summed E-state index contributed by atoms with van der Waals surface area (Å²) in [4.78, 5) is 29.5. The number of para-hydroxylation sites is 1. The van der Waals surface area contributed by atoms with Gasteiger partial charge in [0.2, 0.25) is 5.13 Å². The van der Waals surface area contributed by atoms with Crippen LogP contribution in [0.3, 0.4) is 0 Å². The first-order valence-corrected chi connectivity index (χ1v) is 10.2. The van der Waals surface area contributed by atoms with Gasteiger partial charge in [-0.3, -0.25) is 19.5 Å². The Morgan fingerprint density at radius 2 is 1.90 bits per heavy atom. The number of benzene rings is 2. The summed E-state index contributed by atoms with van der Waals surface area (Å²) in [5.74, 6) is -0.265. The standard InChI is InChI=1S/C21H19N5O2S/c1-2-3-8-18-24-25-21(29-18)23-19(27)14-9-11-15(12-10-14)26-13-22-17-7-5-4-6-16(17)20(26)28/h4-7,9-13H,2-3,8H2,1H3,(H,23,25,27). The lowest BCUT2D eigenvalue weighted by Crippen LogP contribution is -2.19. The molecule has 0 aliphatic rings. The van der Waals surface area contributed by atoms with Gasteiger partial charge in [0.05, 0.1) is 16.6 Å². The number of carbonyl (C=O) groups excluding carboxylic acids is 1. The number of anilines is 1. The summed E-state index contributed by atoms with van der Waals surface area (Å²) in [5.41, 5.74) is 1.62. The maximum atomic E-state index is 12.7. The second kappa shape index (κ2) is 8.32. The van der Waals surface area contributed by atoms with Crippen molar-refractivity contribution in [1.82, 2.24) is 19.7 Å². The van der Waals surface area contributed by atoms with Crippen LogP contribution in [0, 0.1) is 0 Å². The van der Waals surface area contributed by atoms with Crippen molar-refractivity contribution < 1.29 is 4.79 Å². The van der Waals surface area contributed by atoms with Crippen molar-refractivity contribution in [2.24, 2.45) is 0 Å². The molecule has 0 radical (unpaired) electrons. The molecule has 4 aromatic rings. The summed E-state index contributed by atoms with van der Waals surface area (Å²) in [6.07, 6.45) is 4.50. The number of aryl methyl sites for hydroxylation is 1. The quantitative estimate of drug-likeness (QED) is 0.526. The largest absolute Gasteiger partial charge is 0.296 e. The Labute approximate surface area is 171 Å². The van der Waals surface area contributed by atoms with Gasteiger partial charge >= 0.3 is 0 Å². The first-order valence-electron chi connectivity index (χ1n) is 9.36. The van der Waals surface area contributed by atoms with Crippen molar-refractivity contribution in [2.75, 3.05) is 5.32 Å². The van der Waals surface area contributed by atoms with E-state index in [0.717, 1.165) is 24.3 Å². The Morgan fingerprint density at radius 3 is 2.69 bits per heavy atom. The van der Waals surface area contributed by atoms with Crippen molar-refractivity contribution in [3.05, 3.63) is 75.8 Å². The molecule has 8 heteroatoms. The lowest BCUT2D eigenvalue weighted by Gasteiger charge is -2.07. The topological polar surface area (TPSA) is 89.8 Å². The number of nitrogens with one attached hydrogen (secondary N) is 1. The minimum atomic E-state index is -0.265. The van der Waals surface area contributed by atoms with Crippen molar-refractivity contribution in [1.29, 1.82) is 0 Å². The van der Waals surface area contributed by atoms with Gasteiger partial charge in [0.15, 0.2) is 0 Å². The van der Waals surface area contributed by atoms with E-state index in [9.17, 15) is 9.59 Å². The lowest BCUT2D eigenvalue weighted by atomic mass is 10.2. The van der Waals surface area contributed by atoms with Crippen LogP contribution in [-0.2, 0) is 6.42 Å². The molecule has 7 nitrogen and oxygen atoms in total. The molecule has 0 spiro atoms. The van der Waals surface area contributed by atoms with Gasteiger partial charge in [-0.2, -0.15) is 0 Å². The van der Waals surface area contributed by atoms with E-state index in [4.69, 9.17) is 0 Å². The van der Waals surface area contributed by atoms with Gasteiger partial charge in [-0.05, 0) is 42.8 Å². The molecular weight excluding hydrogens is 386 g/mol. The van der Waals surface area contributed by atoms with Gasteiger partial charge in [-0.1, -0.05) is 36.8 Å². The summed E-state index contributed by atoms with van der Waals surface area (Å²) in [6.45, 7) is 2.12. The van der Waals surface area contributed by atoms with E-state index in [1.54, 1.807) is 36.4 Å². The molecule has 0 saturated carbocycles. The van der Waals surface area contributed by atoms with Gasteiger partial charge in [0.1, 0.15) is 11.3 Å². The molecule has 0 atom stereocenters. The third kappa shape index (κ3) is 4.07. The second-order valence-corrected chi connectivity index (χ2v) is 7.60. The zero-order valence-electron chi connectivity index (χ0n) is 15.8. The number of hydrogen-bond acceptors (Lipinski definition) is 6. The highest BCUT2D eigenvalue weighted by Crippen LogP contribution is 2.18. The summed E-state index contributed by atoms with van der Waals surface area (Å²) >= 11 is 1.39. The number of aromatic nitrogens is 4. The molecule has 0 unspecified atom stereocenters. The number of amides is 1. The number of unbranched alkanes of at least 4 members (excludes halogenated alkanes) is 1. The van der Waals surface area contributed by atoms with Crippen LogP contribution in [0.15, 0.2) is 59.7 Å². The number of carbonyl (C=O) groups is 1. The highest BCUT2D eigenvalue weighted by molar-refractivity contribution is 7.15. The Morgan fingerprint density at radius 1 is 1.10 bits per heavy atom. The molecule has 1 amide bonds. The molecular formula is C21H19N5O2S. The molecule has 2 aromatic carbocycles. The minimum Gasteiger partial charge on any atom is -0.296 e. The number of fused-ring (bicyclic) bond motifs is 1. The monoisotopic (exact) mass is 405 g/mol. The molecule has 2 aromatic heterocycles. The minimum absolute atomic E-state index is 0.152. The first-order chi connectivity index (χ1) is 14.2. The normalized spacial score (nSPS) is 10.9. The molecule has 0 saturated heterocycles. The highest BCUT2D eigenvalue weighted by atomic mass is 32.1. The fraction of sp³-hybridized carbons (Fsp3) is 0.190. The molecule has 0 aliphatic heterocycles. The van der Waals surface area contributed by atoms with Gasteiger partial charge in [0.25, 0.3) is 11.5 Å². The van der Waals surface area contributed by atoms with Crippen molar-refractivity contribution in [3.63, 3.8) is 0 Å². The van der Waals surface area contributed by atoms with E-state index in [0.29, 0.717) is 27.3 Å². The van der Waals surface area contributed by atoms with E-state index < -0.39 is 0 Å². The highest BCUT2D eigenvalue weighted by Gasteiger charge is 2.11. The van der Waals surface area contributed by atoms with Gasteiger partial charge in [0, 0.05) is 12.0 Å². The van der Waals surface area contributed by atoms with Crippen molar-refractivity contribution in [2.45, 2.75) is 26.2 Å². The average Bonchev–Trinajstić information content (AvgIpc) is 3.20. The fourth-order valence-corrected chi connectivity index (χ4v) is 3.71. The first kappa shape index (κ1) is 18.9. The van der Waals surface area contributed by atoms with Gasteiger partial charge in [-0.25, -0.2) is 4.98 Å². The van der Waals surface area contributed by atoms with E-state index in [2.05, 4.69) is 27.4 Å². The zero-order valence-corrected chi connectivity index (χ0v) is 16.6. The smallest absolute Gasteiger partial charge is 0.265 e. The molecule has 1 N–H and O–H groups in total. The maximum Gasteiger partial charge on any atom is 0.265 e. The van der Waals surface area contributed by atoms with Crippen molar-refractivity contribution >= 4 is 33.3 Å². The Hall–Kier alpha value is -3.39. The van der Waals surface area contributed by atoms with Crippen LogP contribution < -0.4 is 10.9 Å². The molecule has 0 aliphatic carbocycles.